The molecular weight excluding hydrogens is 392 g/mol. The number of rotatable bonds is 5. The number of amides is 1. The van der Waals surface area contributed by atoms with E-state index in [-0.39, 0.29) is 5.91 Å². The first-order chi connectivity index (χ1) is 15.2. The predicted molar refractivity (Wildman–Crippen MR) is 119 cm³/mol. The first-order valence-corrected chi connectivity index (χ1v) is 9.70. The molecule has 2 aromatic heterocycles. The second kappa shape index (κ2) is 7.84. The van der Waals surface area contributed by atoms with Crippen LogP contribution in [0.1, 0.15) is 10.4 Å². The molecule has 5 aromatic rings. The summed E-state index contributed by atoms with van der Waals surface area (Å²) in [7, 11) is 1.57. The second-order valence-corrected chi connectivity index (χ2v) is 6.92. The molecule has 31 heavy (non-hydrogen) atoms. The number of methoxy groups -OCH3 is 1. The molecule has 1 amide bonds. The molecule has 5 rings (SSSR count). The lowest BCUT2D eigenvalue weighted by atomic mass is 10.1. The molecular formula is C25H18N2O4. The van der Waals surface area contributed by atoms with Crippen LogP contribution in [0.2, 0.25) is 0 Å². The fraction of sp³-hybridized carbons (Fsp3) is 0.0400. The highest BCUT2D eigenvalue weighted by atomic mass is 16.5. The van der Waals surface area contributed by atoms with Crippen LogP contribution < -0.4 is 14.8 Å². The highest BCUT2D eigenvalue weighted by molar-refractivity contribution is 6.10. The minimum absolute atomic E-state index is 0.262. The number of furan rings is 1. The van der Waals surface area contributed by atoms with Crippen molar-refractivity contribution in [2.75, 3.05) is 12.4 Å². The Morgan fingerprint density at radius 2 is 1.74 bits per heavy atom. The van der Waals surface area contributed by atoms with Gasteiger partial charge in [0.25, 0.3) is 5.91 Å². The lowest BCUT2D eigenvalue weighted by molar-refractivity contribution is 0.102. The van der Waals surface area contributed by atoms with Gasteiger partial charge in [0.05, 0.1) is 19.0 Å². The molecule has 0 aliphatic carbocycles. The molecule has 0 saturated carbocycles. The van der Waals surface area contributed by atoms with Gasteiger partial charge >= 0.3 is 0 Å². The summed E-state index contributed by atoms with van der Waals surface area (Å²) in [5, 5.41) is 4.84. The standard InChI is InChI=1S/C25H18N2O4/c1-29-24-13-20-19-6-2-3-7-22(19)31-23(20)14-21(24)27-25(28)16-8-10-17(11-9-16)30-18-5-4-12-26-15-18/h2-15H,1H3,(H,27,28). The van der Waals surface area contributed by atoms with Gasteiger partial charge in [-0.15, -0.1) is 0 Å². The minimum atomic E-state index is -0.262. The van der Waals surface area contributed by atoms with Gasteiger partial charge in [-0.2, -0.15) is 0 Å². The minimum Gasteiger partial charge on any atom is -0.495 e. The fourth-order valence-corrected chi connectivity index (χ4v) is 3.43. The van der Waals surface area contributed by atoms with Crippen LogP contribution in [0.15, 0.2) is 89.6 Å². The van der Waals surface area contributed by atoms with E-state index in [0.29, 0.717) is 34.1 Å². The van der Waals surface area contributed by atoms with Crippen LogP contribution in [0, 0.1) is 0 Å². The van der Waals surface area contributed by atoms with Crippen molar-refractivity contribution >= 4 is 33.5 Å². The number of carbonyl (C=O) groups is 1. The van der Waals surface area contributed by atoms with Gasteiger partial charge in [0.15, 0.2) is 0 Å². The van der Waals surface area contributed by atoms with Crippen molar-refractivity contribution in [1.82, 2.24) is 4.98 Å². The van der Waals surface area contributed by atoms with Gasteiger partial charge in [0.2, 0.25) is 0 Å². The van der Waals surface area contributed by atoms with Gasteiger partial charge in [-0.3, -0.25) is 9.78 Å². The number of hydrogen-bond acceptors (Lipinski definition) is 5. The number of hydrogen-bond donors (Lipinski definition) is 1. The normalized spacial score (nSPS) is 10.9. The number of pyridine rings is 1. The first kappa shape index (κ1) is 18.7. The topological polar surface area (TPSA) is 73.6 Å². The monoisotopic (exact) mass is 410 g/mol. The zero-order valence-electron chi connectivity index (χ0n) is 16.7. The van der Waals surface area contributed by atoms with E-state index < -0.39 is 0 Å². The Morgan fingerprint density at radius 1 is 0.903 bits per heavy atom. The summed E-state index contributed by atoms with van der Waals surface area (Å²) in [5.41, 5.74) is 2.49. The van der Waals surface area contributed by atoms with E-state index in [2.05, 4.69) is 10.3 Å². The van der Waals surface area contributed by atoms with E-state index in [1.807, 2.05) is 36.4 Å². The largest absolute Gasteiger partial charge is 0.495 e. The van der Waals surface area contributed by atoms with E-state index in [0.717, 1.165) is 16.4 Å². The first-order valence-electron chi connectivity index (χ1n) is 9.70. The molecule has 3 aromatic carbocycles. The van der Waals surface area contributed by atoms with Crippen LogP contribution >= 0.6 is 0 Å². The zero-order valence-corrected chi connectivity index (χ0v) is 16.7. The van der Waals surface area contributed by atoms with Crippen LogP contribution in [-0.2, 0) is 0 Å². The van der Waals surface area contributed by atoms with Crippen molar-refractivity contribution in [2.24, 2.45) is 0 Å². The molecule has 0 radical (unpaired) electrons. The Hall–Kier alpha value is -4.32. The van der Waals surface area contributed by atoms with Gasteiger partial charge in [0, 0.05) is 28.6 Å². The third-order valence-electron chi connectivity index (χ3n) is 4.93. The molecule has 0 fully saturated rings. The summed E-state index contributed by atoms with van der Waals surface area (Å²) in [5.74, 6) is 1.54. The lowest BCUT2D eigenvalue weighted by Crippen LogP contribution is -2.12. The Labute approximate surface area is 178 Å². The quantitative estimate of drug-likeness (QED) is 0.383. The molecule has 0 bridgehead atoms. The molecule has 152 valence electrons. The van der Waals surface area contributed by atoms with E-state index in [1.165, 1.54) is 0 Å². The second-order valence-electron chi connectivity index (χ2n) is 6.92. The maximum Gasteiger partial charge on any atom is 0.255 e. The maximum atomic E-state index is 12.8. The van der Waals surface area contributed by atoms with Gasteiger partial charge in [-0.25, -0.2) is 0 Å². The van der Waals surface area contributed by atoms with Crippen LogP contribution in [0.25, 0.3) is 21.9 Å². The predicted octanol–water partition coefficient (Wildman–Crippen LogP) is 6.03. The molecule has 0 spiro atoms. The van der Waals surface area contributed by atoms with Crippen LogP contribution in [-0.4, -0.2) is 18.0 Å². The Balaban J connectivity index is 1.40. The highest BCUT2D eigenvalue weighted by Crippen LogP contribution is 2.36. The van der Waals surface area contributed by atoms with Crippen LogP contribution in [0.3, 0.4) is 0 Å². The number of aromatic nitrogens is 1. The lowest BCUT2D eigenvalue weighted by Gasteiger charge is -2.11. The third-order valence-corrected chi connectivity index (χ3v) is 4.93. The molecule has 0 saturated heterocycles. The number of fused-ring (bicyclic) bond motifs is 3. The van der Waals surface area contributed by atoms with Crippen LogP contribution in [0.5, 0.6) is 17.2 Å². The number of ether oxygens (including phenoxy) is 2. The molecule has 6 nitrogen and oxygen atoms in total. The average Bonchev–Trinajstić information content (AvgIpc) is 3.17. The van der Waals surface area contributed by atoms with Crippen molar-refractivity contribution in [3.8, 4) is 17.2 Å². The maximum absolute atomic E-state index is 12.8. The number of anilines is 1. The summed E-state index contributed by atoms with van der Waals surface area (Å²) in [4.78, 5) is 16.8. The Kier molecular flexibility index (Phi) is 4.72. The van der Waals surface area contributed by atoms with Crippen molar-refractivity contribution in [3.05, 3.63) is 90.8 Å². The number of para-hydroxylation sites is 1. The summed E-state index contributed by atoms with van der Waals surface area (Å²) in [6.07, 6.45) is 3.30. The number of carbonyl (C=O) groups excluding carboxylic acids is 1. The Morgan fingerprint density at radius 3 is 2.52 bits per heavy atom. The van der Waals surface area contributed by atoms with Gasteiger partial charge in [0.1, 0.15) is 28.4 Å². The molecule has 0 aliphatic rings. The van der Waals surface area contributed by atoms with E-state index in [1.54, 1.807) is 55.9 Å². The average molecular weight is 410 g/mol. The van der Waals surface area contributed by atoms with Crippen molar-refractivity contribution in [3.63, 3.8) is 0 Å². The van der Waals surface area contributed by atoms with Crippen molar-refractivity contribution < 1.29 is 18.7 Å². The van der Waals surface area contributed by atoms with Crippen LogP contribution in [0.4, 0.5) is 5.69 Å². The SMILES string of the molecule is COc1cc2c(cc1NC(=O)c1ccc(Oc3cccnc3)cc1)oc1ccccc12. The molecule has 0 atom stereocenters. The van der Waals surface area contributed by atoms with Gasteiger partial charge < -0.3 is 19.2 Å². The van der Waals surface area contributed by atoms with Crippen molar-refractivity contribution in [1.29, 1.82) is 0 Å². The summed E-state index contributed by atoms with van der Waals surface area (Å²) in [6.45, 7) is 0. The molecule has 2 heterocycles. The summed E-state index contributed by atoms with van der Waals surface area (Å²) >= 11 is 0. The zero-order chi connectivity index (χ0) is 21.2. The fourth-order valence-electron chi connectivity index (χ4n) is 3.43. The number of nitrogens with zero attached hydrogens (tertiary/aromatic N) is 1. The molecule has 0 unspecified atom stereocenters. The summed E-state index contributed by atoms with van der Waals surface area (Å²) < 4.78 is 17.2. The number of benzene rings is 3. The highest BCUT2D eigenvalue weighted by Gasteiger charge is 2.15. The molecule has 0 aliphatic heterocycles. The van der Waals surface area contributed by atoms with E-state index >= 15 is 0 Å². The van der Waals surface area contributed by atoms with E-state index in [4.69, 9.17) is 13.9 Å². The van der Waals surface area contributed by atoms with Gasteiger partial charge in [-0.1, -0.05) is 18.2 Å². The van der Waals surface area contributed by atoms with Crippen molar-refractivity contribution in [2.45, 2.75) is 0 Å². The number of nitrogens with one attached hydrogen (secondary N) is 1. The van der Waals surface area contributed by atoms with Gasteiger partial charge in [-0.05, 0) is 48.5 Å². The third kappa shape index (κ3) is 3.67. The molecule has 1 N–H and O–H groups in total. The van der Waals surface area contributed by atoms with E-state index in [9.17, 15) is 4.79 Å². The smallest absolute Gasteiger partial charge is 0.255 e. The Bertz CT molecular complexity index is 1380. The molecule has 6 heteroatoms. The summed E-state index contributed by atoms with van der Waals surface area (Å²) in [6, 6.07) is 21.9.